The molecule has 4 aromatic rings. The molecule has 10 heteroatoms. The summed E-state index contributed by atoms with van der Waals surface area (Å²) in [7, 11) is 0. The smallest absolute Gasteiger partial charge is 0.410 e. The number of rotatable bonds is 6. The second-order valence-electron chi connectivity index (χ2n) is 8.31. The molecule has 0 aliphatic carbocycles. The van der Waals surface area contributed by atoms with Crippen LogP contribution in [0.5, 0.6) is 5.75 Å². The van der Waals surface area contributed by atoms with E-state index in [0.717, 1.165) is 24.3 Å². The van der Waals surface area contributed by atoms with Crippen LogP contribution in [0.25, 0.3) is 22.0 Å². The van der Waals surface area contributed by atoms with Crippen molar-refractivity contribution in [2.24, 2.45) is 0 Å². The second kappa shape index (κ2) is 10.2. The molecule has 0 atom stereocenters. The van der Waals surface area contributed by atoms with Crippen molar-refractivity contribution >= 4 is 17.0 Å². The quantitative estimate of drug-likeness (QED) is 0.245. The van der Waals surface area contributed by atoms with Crippen LogP contribution in [0.3, 0.4) is 0 Å². The van der Waals surface area contributed by atoms with Crippen molar-refractivity contribution in [1.29, 1.82) is 0 Å². The van der Waals surface area contributed by atoms with E-state index in [9.17, 15) is 31.1 Å². The first kappa shape index (κ1) is 26.1. The number of nitrogens with zero attached hydrogens (tertiary/aromatic N) is 2. The largest absolute Gasteiger partial charge is 0.416 e. The maximum atomic E-state index is 14.1. The number of carbonyl (C=O) groups is 1. The summed E-state index contributed by atoms with van der Waals surface area (Å²) in [5, 5.41) is 0.394. The summed E-state index contributed by atoms with van der Waals surface area (Å²) in [6.45, 7) is 4.02. The first-order valence-electron chi connectivity index (χ1n) is 11.4. The van der Waals surface area contributed by atoms with Gasteiger partial charge in [-0.1, -0.05) is 6.07 Å². The first-order chi connectivity index (χ1) is 17.5. The molecule has 4 rings (SSSR count). The van der Waals surface area contributed by atoms with Crippen LogP contribution in [0.15, 0.2) is 60.8 Å². The number of hydrogen-bond acceptors (Lipinski definition) is 2. The molecule has 0 N–H and O–H groups in total. The highest BCUT2D eigenvalue weighted by atomic mass is 19.4. The van der Waals surface area contributed by atoms with Crippen LogP contribution < -0.4 is 4.74 Å². The van der Waals surface area contributed by atoms with Crippen LogP contribution in [-0.2, 0) is 12.7 Å². The fourth-order valence-electron chi connectivity index (χ4n) is 4.25. The number of aromatic nitrogens is 1. The number of fused-ring (bicyclic) bond motifs is 1. The average Bonchev–Trinajstić information content (AvgIpc) is 3.22. The lowest BCUT2D eigenvalue weighted by atomic mass is 10.00. The molecule has 0 saturated heterocycles. The van der Waals surface area contributed by atoms with Gasteiger partial charge in [0.05, 0.1) is 5.56 Å². The van der Waals surface area contributed by atoms with Crippen LogP contribution >= 0.6 is 0 Å². The van der Waals surface area contributed by atoms with Crippen LogP contribution in [0.2, 0.25) is 0 Å². The Morgan fingerprint density at radius 2 is 1.57 bits per heavy atom. The fraction of sp³-hybridized carbons (Fsp3) is 0.222. The topological polar surface area (TPSA) is 34.5 Å². The highest BCUT2D eigenvalue weighted by molar-refractivity contribution is 5.99. The van der Waals surface area contributed by atoms with Gasteiger partial charge >= 0.3 is 12.3 Å². The lowest BCUT2D eigenvalue weighted by Gasteiger charge is -2.20. The highest BCUT2D eigenvalue weighted by Gasteiger charge is 2.34. The monoisotopic (exact) mass is 520 g/mol. The van der Waals surface area contributed by atoms with E-state index < -0.39 is 35.3 Å². The van der Waals surface area contributed by atoms with Gasteiger partial charge in [0, 0.05) is 48.4 Å². The van der Waals surface area contributed by atoms with E-state index in [4.69, 9.17) is 4.74 Å². The standard InChI is InChI=1S/C27H22F6N2O2/c1-3-34(4-2)26(36)37-24-8-7-23-21(25(24)17-11-19(29)13-20(30)12-17)9-10-35(23)15-16-5-6-18(28)14-22(16)27(31,32)33/h5-14H,3-4,15H2,1-2H3. The van der Waals surface area contributed by atoms with E-state index in [1.54, 1.807) is 19.9 Å². The van der Waals surface area contributed by atoms with Crippen LogP contribution in [-0.4, -0.2) is 28.6 Å². The first-order valence-corrected chi connectivity index (χ1v) is 11.4. The van der Waals surface area contributed by atoms with Crippen molar-refractivity contribution < 1.29 is 35.9 Å². The third kappa shape index (κ3) is 5.42. The van der Waals surface area contributed by atoms with Gasteiger partial charge in [-0.3, -0.25) is 0 Å². The summed E-state index contributed by atoms with van der Waals surface area (Å²) in [5.41, 5.74) is -0.570. The van der Waals surface area contributed by atoms with Crippen molar-refractivity contribution in [2.45, 2.75) is 26.6 Å². The molecule has 37 heavy (non-hydrogen) atoms. The van der Waals surface area contributed by atoms with E-state index in [-0.39, 0.29) is 29.0 Å². The summed E-state index contributed by atoms with van der Waals surface area (Å²) >= 11 is 0. The molecule has 0 aliphatic rings. The van der Waals surface area contributed by atoms with Gasteiger partial charge < -0.3 is 14.2 Å². The van der Waals surface area contributed by atoms with E-state index in [2.05, 4.69) is 0 Å². The van der Waals surface area contributed by atoms with Crippen LogP contribution in [0.1, 0.15) is 25.0 Å². The number of hydrogen-bond donors (Lipinski definition) is 0. The zero-order valence-corrected chi connectivity index (χ0v) is 19.9. The van der Waals surface area contributed by atoms with E-state index in [1.165, 1.54) is 27.8 Å². The predicted octanol–water partition coefficient (Wildman–Crippen LogP) is 7.63. The molecule has 0 aliphatic heterocycles. The minimum absolute atomic E-state index is 0.0323. The molecule has 0 fully saturated rings. The summed E-state index contributed by atoms with van der Waals surface area (Å²) in [5.74, 6) is -2.68. The lowest BCUT2D eigenvalue weighted by Crippen LogP contribution is -2.33. The van der Waals surface area contributed by atoms with Crippen molar-refractivity contribution in [3.05, 3.63) is 89.4 Å². The molecule has 4 nitrogen and oxygen atoms in total. The number of amides is 1. The summed E-state index contributed by atoms with van der Waals surface area (Å²) < 4.78 is 89.5. The molecular formula is C27H22F6N2O2. The molecule has 0 unspecified atom stereocenters. The summed E-state index contributed by atoms with van der Waals surface area (Å²) in [4.78, 5) is 14.1. The average molecular weight is 520 g/mol. The molecule has 3 aromatic carbocycles. The molecule has 0 saturated carbocycles. The molecule has 194 valence electrons. The van der Waals surface area contributed by atoms with Gasteiger partial charge in [-0.15, -0.1) is 0 Å². The molecule has 0 radical (unpaired) electrons. The Morgan fingerprint density at radius 1 is 0.892 bits per heavy atom. The van der Waals surface area contributed by atoms with Crippen LogP contribution in [0, 0.1) is 17.5 Å². The Morgan fingerprint density at radius 3 is 2.19 bits per heavy atom. The van der Waals surface area contributed by atoms with Crippen molar-refractivity contribution in [3.8, 4) is 16.9 Å². The Bertz CT molecular complexity index is 1440. The van der Waals surface area contributed by atoms with Gasteiger partial charge in [0.1, 0.15) is 23.2 Å². The molecule has 0 bridgehead atoms. The van der Waals surface area contributed by atoms with Gasteiger partial charge in [0.2, 0.25) is 0 Å². The van der Waals surface area contributed by atoms with Gasteiger partial charge in [0.25, 0.3) is 0 Å². The number of benzene rings is 3. The lowest BCUT2D eigenvalue weighted by molar-refractivity contribution is -0.138. The van der Waals surface area contributed by atoms with Crippen molar-refractivity contribution in [3.63, 3.8) is 0 Å². The van der Waals surface area contributed by atoms with Gasteiger partial charge in [-0.05, 0) is 67.4 Å². The zero-order valence-electron chi connectivity index (χ0n) is 19.9. The predicted molar refractivity (Wildman–Crippen MR) is 127 cm³/mol. The normalized spacial score (nSPS) is 11.7. The SMILES string of the molecule is CCN(CC)C(=O)Oc1ccc2c(ccn2Cc2ccc(F)cc2C(F)(F)F)c1-c1cc(F)cc(F)c1. The number of halogens is 6. The molecule has 0 spiro atoms. The molecule has 1 aromatic heterocycles. The Labute approximate surface area is 208 Å². The van der Waals surface area contributed by atoms with Gasteiger partial charge in [-0.2, -0.15) is 13.2 Å². The van der Waals surface area contributed by atoms with Crippen molar-refractivity contribution in [2.75, 3.05) is 13.1 Å². The molecule has 1 amide bonds. The second-order valence-corrected chi connectivity index (χ2v) is 8.31. The Hall–Kier alpha value is -3.95. The summed E-state index contributed by atoms with van der Waals surface area (Å²) in [6, 6.07) is 9.81. The fourth-order valence-corrected chi connectivity index (χ4v) is 4.25. The van der Waals surface area contributed by atoms with E-state index in [0.29, 0.717) is 36.1 Å². The van der Waals surface area contributed by atoms with E-state index >= 15 is 0 Å². The summed E-state index contributed by atoms with van der Waals surface area (Å²) in [6.07, 6.45) is -3.93. The number of alkyl halides is 3. The maximum absolute atomic E-state index is 14.1. The Kier molecular flexibility index (Phi) is 7.20. The van der Waals surface area contributed by atoms with Gasteiger partial charge in [0.15, 0.2) is 0 Å². The third-order valence-corrected chi connectivity index (χ3v) is 6.00. The van der Waals surface area contributed by atoms with E-state index in [1.807, 2.05) is 0 Å². The maximum Gasteiger partial charge on any atom is 0.416 e. The minimum Gasteiger partial charge on any atom is -0.410 e. The highest BCUT2D eigenvalue weighted by Crippen LogP contribution is 2.39. The molecular weight excluding hydrogens is 498 g/mol. The number of carbonyl (C=O) groups excluding carboxylic acids is 1. The third-order valence-electron chi connectivity index (χ3n) is 6.00. The molecule has 1 heterocycles. The van der Waals surface area contributed by atoms with Gasteiger partial charge in [-0.25, -0.2) is 18.0 Å². The van der Waals surface area contributed by atoms with Crippen molar-refractivity contribution in [1.82, 2.24) is 9.47 Å². The zero-order chi connectivity index (χ0) is 26.9. The minimum atomic E-state index is -4.77. The number of ether oxygens (including phenoxy) is 1. The Balaban J connectivity index is 1.86. The van der Waals surface area contributed by atoms with Crippen LogP contribution in [0.4, 0.5) is 31.1 Å².